The predicted octanol–water partition coefficient (Wildman–Crippen LogP) is 4.33. The molecule has 0 radical (unpaired) electrons. The van der Waals surface area contributed by atoms with E-state index in [1.54, 1.807) is 29.2 Å². The minimum absolute atomic E-state index is 0. The van der Waals surface area contributed by atoms with E-state index in [0.29, 0.717) is 29.3 Å². The average molecular weight is 448 g/mol. The standard InChI is InChI=1S/C22H25N3O3S.ClH/c1-14-12-18-19(13-15(14)2)29-22(23-18)25(11-10-24(3)4)20(26)16-6-8-17(9-7-16)21(27)28-5;/h6-9,12-13H,10-11H2,1-5H3;1H. The van der Waals surface area contributed by atoms with Crippen LogP contribution in [0.25, 0.3) is 10.2 Å². The summed E-state index contributed by atoms with van der Waals surface area (Å²) in [6.45, 7) is 5.36. The largest absolute Gasteiger partial charge is 0.465 e. The molecular formula is C22H26ClN3O3S. The summed E-state index contributed by atoms with van der Waals surface area (Å²) in [6.07, 6.45) is 0. The molecule has 0 aliphatic rings. The number of likely N-dealkylation sites (N-methyl/N-ethyl adjacent to an activating group) is 1. The molecule has 0 bridgehead atoms. The van der Waals surface area contributed by atoms with Crippen LogP contribution in [0.1, 0.15) is 31.8 Å². The summed E-state index contributed by atoms with van der Waals surface area (Å²) >= 11 is 1.52. The van der Waals surface area contributed by atoms with Crippen LogP contribution in [0.4, 0.5) is 5.13 Å². The van der Waals surface area contributed by atoms with Crippen molar-refractivity contribution < 1.29 is 14.3 Å². The van der Waals surface area contributed by atoms with Crippen LogP contribution in [-0.2, 0) is 4.74 Å². The molecule has 0 N–H and O–H groups in total. The minimum Gasteiger partial charge on any atom is -0.465 e. The average Bonchev–Trinajstić information content (AvgIpc) is 3.09. The molecule has 0 aliphatic carbocycles. The number of esters is 1. The zero-order chi connectivity index (χ0) is 21.1. The molecule has 30 heavy (non-hydrogen) atoms. The quantitative estimate of drug-likeness (QED) is 0.526. The number of benzene rings is 2. The summed E-state index contributed by atoms with van der Waals surface area (Å²) in [6, 6.07) is 10.7. The van der Waals surface area contributed by atoms with Gasteiger partial charge in [-0.1, -0.05) is 11.3 Å². The van der Waals surface area contributed by atoms with Crippen molar-refractivity contribution in [2.45, 2.75) is 13.8 Å². The van der Waals surface area contributed by atoms with Crippen LogP contribution in [0.2, 0.25) is 0 Å². The first-order valence-electron chi connectivity index (χ1n) is 9.33. The van der Waals surface area contributed by atoms with E-state index in [1.165, 1.54) is 29.6 Å². The minimum atomic E-state index is -0.426. The van der Waals surface area contributed by atoms with Crippen molar-refractivity contribution in [2.75, 3.05) is 39.2 Å². The van der Waals surface area contributed by atoms with E-state index in [4.69, 9.17) is 9.72 Å². The zero-order valence-electron chi connectivity index (χ0n) is 17.8. The monoisotopic (exact) mass is 447 g/mol. The second-order valence-corrected chi connectivity index (χ2v) is 8.24. The number of hydrogen-bond donors (Lipinski definition) is 0. The van der Waals surface area contributed by atoms with E-state index in [0.717, 1.165) is 10.2 Å². The Labute approximate surface area is 186 Å². The highest BCUT2D eigenvalue weighted by atomic mass is 35.5. The fourth-order valence-corrected chi connectivity index (χ4v) is 3.96. The van der Waals surface area contributed by atoms with Crippen molar-refractivity contribution in [3.05, 3.63) is 58.7 Å². The van der Waals surface area contributed by atoms with E-state index < -0.39 is 5.97 Å². The molecule has 0 unspecified atom stereocenters. The van der Waals surface area contributed by atoms with E-state index in [-0.39, 0.29) is 18.3 Å². The van der Waals surface area contributed by atoms with Gasteiger partial charge >= 0.3 is 5.97 Å². The molecule has 3 aromatic rings. The number of carbonyl (C=O) groups excluding carboxylic acids is 2. The molecule has 0 aliphatic heterocycles. The van der Waals surface area contributed by atoms with Crippen molar-refractivity contribution in [1.29, 1.82) is 0 Å². The fraction of sp³-hybridized carbons (Fsp3) is 0.318. The maximum atomic E-state index is 13.3. The summed E-state index contributed by atoms with van der Waals surface area (Å²) in [5.74, 6) is -0.568. The lowest BCUT2D eigenvalue weighted by Gasteiger charge is -2.22. The Balaban J connectivity index is 0.00000320. The van der Waals surface area contributed by atoms with Gasteiger partial charge in [0.05, 0.1) is 22.9 Å². The zero-order valence-corrected chi connectivity index (χ0v) is 19.4. The van der Waals surface area contributed by atoms with Gasteiger partial charge in [-0.15, -0.1) is 12.4 Å². The van der Waals surface area contributed by atoms with Crippen LogP contribution in [0.5, 0.6) is 0 Å². The molecular weight excluding hydrogens is 422 g/mol. The number of rotatable bonds is 6. The lowest BCUT2D eigenvalue weighted by molar-refractivity contribution is 0.0600. The van der Waals surface area contributed by atoms with Crippen molar-refractivity contribution in [1.82, 2.24) is 9.88 Å². The summed E-state index contributed by atoms with van der Waals surface area (Å²) in [4.78, 5) is 33.4. The van der Waals surface area contributed by atoms with Gasteiger partial charge in [0.1, 0.15) is 0 Å². The Morgan fingerprint density at radius 1 is 1.00 bits per heavy atom. The molecule has 8 heteroatoms. The first kappa shape index (κ1) is 23.8. The third-order valence-corrected chi connectivity index (χ3v) is 5.83. The van der Waals surface area contributed by atoms with Crippen LogP contribution in [0, 0.1) is 13.8 Å². The molecule has 1 amide bonds. The molecule has 0 atom stereocenters. The summed E-state index contributed by atoms with van der Waals surface area (Å²) in [5, 5.41) is 0.675. The van der Waals surface area contributed by atoms with E-state index >= 15 is 0 Å². The smallest absolute Gasteiger partial charge is 0.337 e. The number of anilines is 1. The number of nitrogens with zero attached hydrogens (tertiary/aromatic N) is 3. The number of carbonyl (C=O) groups is 2. The van der Waals surface area contributed by atoms with E-state index in [9.17, 15) is 9.59 Å². The number of methoxy groups -OCH3 is 1. The summed E-state index contributed by atoms with van der Waals surface area (Å²) in [7, 11) is 5.28. The molecule has 2 aromatic carbocycles. The number of thiazole rings is 1. The lowest BCUT2D eigenvalue weighted by atomic mass is 10.1. The Bertz CT molecular complexity index is 1010. The maximum Gasteiger partial charge on any atom is 0.337 e. The van der Waals surface area contributed by atoms with Crippen LogP contribution in [-0.4, -0.2) is 56.1 Å². The number of halogens is 1. The van der Waals surface area contributed by atoms with Crippen LogP contribution in [0.3, 0.4) is 0 Å². The molecule has 0 fully saturated rings. The Kier molecular flexibility index (Phi) is 7.95. The maximum absolute atomic E-state index is 13.3. The van der Waals surface area contributed by atoms with Gasteiger partial charge in [0.25, 0.3) is 5.91 Å². The van der Waals surface area contributed by atoms with Gasteiger partial charge in [-0.25, -0.2) is 9.78 Å². The highest BCUT2D eigenvalue weighted by Gasteiger charge is 2.22. The van der Waals surface area contributed by atoms with Gasteiger partial charge in [-0.2, -0.15) is 0 Å². The molecule has 0 spiro atoms. The van der Waals surface area contributed by atoms with Crippen molar-refractivity contribution in [2.24, 2.45) is 0 Å². The Hall–Kier alpha value is -2.48. The fourth-order valence-electron chi connectivity index (χ4n) is 2.89. The second-order valence-electron chi connectivity index (χ2n) is 7.23. The van der Waals surface area contributed by atoms with Gasteiger partial charge in [0.15, 0.2) is 5.13 Å². The first-order chi connectivity index (χ1) is 13.8. The third kappa shape index (κ3) is 5.16. The van der Waals surface area contributed by atoms with Gasteiger partial charge in [0.2, 0.25) is 0 Å². The molecule has 6 nitrogen and oxygen atoms in total. The number of amides is 1. The topological polar surface area (TPSA) is 62.7 Å². The van der Waals surface area contributed by atoms with Gasteiger partial charge < -0.3 is 9.64 Å². The number of aryl methyl sites for hydroxylation is 2. The summed E-state index contributed by atoms with van der Waals surface area (Å²) in [5.41, 5.74) is 4.20. The molecule has 1 heterocycles. The highest BCUT2D eigenvalue weighted by Crippen LogP contribution is 2.31. The Morgan fingerprint density at radius 3 is 2.20 bits per heavy atom. The van der Waals surface area contributed by atoms with Crippen molar-refractivity contribution in [3.8, 4) is 0 Å². The number of ether oxygens (including phenoxy) is 1. The van der Waals surface area contributed by atoms with Crippen molar-refractivity contribution >= 4 is 51.0 Å². The van der Waals surface area contributed by atoms with Crippen molar-refractivity contribution in [3.63, 3.8) is 0 Å². The highest BCUT2D eigenvalue weighted by molar-refractivity contribution is 7.22. The van der Waals surface area contributed by atoms with Gasteiger partial charge in [-0.05, 0) is 75.5 Å². The normalized spacial score (nSPS) is 10.7. The lowest BCUT2D eigenvalue weighted by Crippen LogP contribution is -2.36. The number of fused-ring (bicyclic) bond motifs is 1. The molecule has 1 aromatic heterocycles. The van der Waals surface area contributed by atoms with Crippen LogP contribution >= 0.6 is 23.7 Å². The summed E-state index contributed by atoms with van der Waals surface area (Å²) < 4.78 is 5.78. The Morgan fingerprint density at radius 2 is 1.60 bits per heavy atom. The van der Waals surface area contributed by atoms with Gasteiger partial charge in [-0.3, -0.25) is 9.69 Å². The third-order valence-electron chi connectivity index (χ3n) is 4.79. The van der Waals surface area contributed by atoms with E-state index in [1.807, 2.05) is 19.0 Å². The number of aromatic nitrogens is 1. The molecule has 160 valence electrons. The van der Waals surface area contributed by atoms with Crippen LogP contribution < -0.4 is 4.90 Å². The van der Waals surface area contributed by atoms with Crippen LogP contribution in [0.15, 0.2) is 36.4 Å². The van der Waals surface area contributed by atoms with Gasteiger partial charge in [0, 0.05) is 18.7 Å². The first-order valence-corrected chi connectivity index (χ1v) is 10.1. The molecule has 3 rings (SSSR count). The van der Waals surface area contributed by atoms with E-state index in [2.05, 4.69) is 26.0 Å². The SMILES string of the molecule is COC(=O)c1ccc(C(=O)N(CCN(C)C)c2nc3cc(C)c(C)cc3s2)cc1.Cl. The second kappa shape index (κ2) is 10.0. The molecule has 0 saturated carbocycles. The molecule has 0 saturated heterocycles. The number of hydrogen-bond acceptors (Lipinski definition) is 6. The predicted molar refractivity (Wildman–Crippen MR) is 124 cm³/mol.